The van der Waals surface area contributed by atoms with Gasteiger partial charge in [-0.25, -0.2) is 4.98 Å². The van der Waals surface area contributed by atoms with Gasteiger partial charge >= 0.3 is 6.18 Å². The predicted molar refractivity (Wildman–Crippen MR) is 112 cm³/mol. The normalized spacial score (nSPS) is 19.9. The van der Waals surface area contributed by atoms with Gasteiger partial charge in [0.05, 0.1) is 17.9 Å². The molecule has 1 aromatic carbocycles. The fourth-order valence-electron chi connectivity index (χ4n) is 3.69. The maximum Gasteiger partial charge on any atom is 0.416 e. The summed E-state index contributed by atoms with van der Waals surface area (Å²) >= 11 is 0. The van der Waals surface area contributed by atoms with E-state index in [2.05, 4.69) is 37.0 Å². The zero-order chi connectivity index (χ0) is 22.4. The van der Waals surface area contributed by atoms with Gasteiger partial charge in [0.2, 0.25) is 0 Å². The SMILES string of the molecule is CN=C(NCCNC(=O)c1ccc(C(F)(F)F)cc1)N1CCC(C)C(n2ccnc2)C1. The average Bonchev–Trinajstić information content (AvgIpc) is 3.28. The summed E-state index contributed by atoms with van der Waals surface area (Å²) in [4.78, 5) is 22.8. The summed E-state index contributed by atoms with van der Waals surface area (Å²) in [6.45, 7) is 4.67. The minimum Gasteiger partial charge on any atom is -0.354 e. The molecule has 0 bridgehead atoms. The minimum absolute atomic E-state index is 0.186. The fraction of sp³-hybridized carbons (Fsp3) is 0.476. The number of halogens is 3. The molecular formula is C21H27F3N6O. The highest BCUT2D eigenvalue weighted by molar-refractivity contribution is 5.94. The van der Waals surface area contributed by atoms with Crippen molar-refractivity contribution in [2.75, 3.05) is 33.2 Å². The molecule has 2 N–H and O–H groups in total. The first kappa shape index (κ1) is 22.6. The van der Waals surface area contributed by atoms with Gasteiger partial charge in [0.25, 0.3) is 5.91 Å². The van der Waals surface area contributed by atoms with Crippen molar-refractivity contribution >= 4 is 11.9 Å². The number of aliphatic imine (C=N–C) groups is 1. The number of rotatable bonds is 5. The van der Waals surface area contributed by atoms with E-state index in [0.717, 1.165) is 37.6 Å². The Balaban J connectivity index is 1.47. The Morgan fingerprint density at radius 1 is 1.23 bits per heavy atom. The van der Waals surface area contributed by atoms with Crippen LogP contribution in [0.1, 0.15) is 35.3 Å². The molecule has 1 aromatic heterocycles. The molecular weight excluding hydrogens is 409 g/mol. The van der Waals surface area contributed by atoms with Crippen LogP contribution in [0.4, 0.5) is 13.2 Å². The van der Waals surface area contributed by atoms with Crippen molar-refractivity contribution in [1.29, 1.82) is 0 Å². The number of alkyl halides is 3. The monoisotopic (exact) mass is 436 g/mol. The molecule has 2 aromatic rings. The summed E-state index contributed by atoms with van der Waals surface area (Å²) in [5, 5.41) is 5.95. The summed E-state index contributed by atoms with van der Waals surface area (Å²) in [5.74, 6) is 0.852. The molecule has 1 fully saturated rings. The minimum atomic E-state index is -4.42. The number of nitrogens with zero attached hydrogens (tertiary/aromatic N) is 4. The predicted octanol–water partition coefficient (Wildman–Crippen LogP) is 2.79. The van der Waals surface area contributed by atoms with E-state index in [0.29, 0.717) is 25.0 Å². The quantitative estimate of drug-likeness (QED) is 0.430. The molecule has 1 aliphatic rings. The van der Waals surface area contributed by atoms with Crippen molar-refractivity contribution < 1.29 is 18.0 Å². The molecule has 31 heavy (non-hydrogen) atoms. The van der Waals surface area contributed by atoms with Crippen LogP contribution in [0.25, 0.3) is 0 Å². The van der Waals surface area contributed by atoms with Gasteiger partial charge in [-0.2, -0.15) is 13.2 Å². The fourth-order valence-corrected chi connectivity index (χ4v) is 3.69. The molecule has 1 saturated heterocycles. The van der Waals surface area contributed by atoms with Crippen LogP contribution in [0.3, 0.4) is 0 Å². The number of benzene rings is 1. The maximum absolute atomic E-state index is 12.6. The van der Waals surface area contributed by atoms with Gasteiger partial charge in [-0.1, -0.05) is 6.92 Å². The summed E-state index contributed by atoms with van der Waals surface area (Å²) in [6, 6.07) is 4.46. The second-order valence-electron chi connectivity index (χ2n) is 7.59. The Kier molecular flexibility index (Phi) is 7.19. The number of carbonyl (C=O) groups excluding carboxylic acids is 1. The number of carbonyl (C=O) groups is 1. The number of imidazole rings is 1. The largest absolute Gasteiger partial charge is 0.416 e. The van der Waals surface area contributed by atoms with Crippen LogP contribution < -0.4 is 10.6 Å². The third-order valence-corrected chi connectivity index (χ3v) is 5.51. The highest BCUT2D eigenvalue weighted by Gasteiger charge is 2.30. The van der Waals surface area contributed by atoms with Crippen LogP contribution in [0.15, 0.2) is 48.0 Å². The molecule has 0 spiro atoms. The lowest BCUT2D eigenvalue weighted by atomic mass is 9.93. The maximum atomic E-state index is 12.6. The van der Waals surface area contributed by atoms with E-state index in [4.69, 9.17) is 0 Å². The molecule has 2 heterocycles. The second kappa shape index (κ2) is 9.84. The van der Waals surface area contributed by atoms with E-state index in [1.54, 1.807) is 13.2 Å². The third kappa shape index (κ3) is 5.77. The van der Waals surface area contributed by atoms with Crippen LogP contribution in [0.2, 0.25) is 0 Å². The van der Waals surface area contributed by atoms with Crippen molar-refractivity contribution in [3.8, 4) is 0 Å². The molecule has 168 valence electrons. The number of hydrogen-bond donors (Lipinski definition) is 2. The van der Waals surface area contributed by atoms with E-state index < -0.39 is 17.6 Å². The zero-order valence-corrected chi connectivity index (χ0v) is 17.6. The third-order valence-electron chi connectivity index (χ3n) is 5.51. The molecule has 2 unspecified atom stereocenters. The Morgan fingerprint density at radius 2 is 1.94 bits per heavy atom. The smallest absolute Gasteiger partial charge is 0.354 e. The van der Waals surface area contributed by atoms with E-state index in [1.807, 2.05) is 12.5 Å². The summed E-state index contributed by atoms with van der Waals surface area (Å²) in [5.41, 5.74) is -0.593. The number of aromatic nitrogens is 2. The summed E-state index contributed by atoms with van der Waals surface area (Å²) < 4.78 is 40.0. The van der Waals surface area contributed by atoms with Gasteiger partial charge in [0.1, 0.15) is 0 Å². The van der Waals surface area contributed by atoms with Crippen molar-refractivity contribution in [2.45, 2.75) is 25.6 Å². The van der Waals surface area contributed by atoms with E-state index in [1.165, 1.54) is 12.1 Å². The Labute approximate surface area is 179 Å². The molecule has 10 heteroatoms. The van der Waals surface area contributed by atoms with Crippen LogP contribution in [-0.4, -0.2) is 59.5 Å². The summed E-state index contributed by atoms with van der Waals surface area (Å²) in [6.07, 6.45) is 2.18. The van der Waals surface area contributed by atoms with Crippen molar-refractivity contribution in [2.24, 2.45) is 10.9 Å². The summed E-state index contributed by atoms with van der Waals surface area (Å²) in [7, 11) is 1.72. The standard InChI is InChI=1S/C21H27F3N6O/c1-15-7-11-29(13-18(15)30-12-10-26-14-30)20(25-2)28-9-8-27-19(31)16-3-5-17(6-4-16)21(22,23)24/h3-6,10,12,14-15,18H,7-9,11,13H2,1-2H3,(H,25,28)(H,27,31). The van der Waals surface area contributed by atoms with Crippen LogP contribution in [-0.2, 0) is 6.18 Å². The molecule has 0 radical (unpaired) electrons. The number of piperidine rings is 1. The van der Waals surface area contributed by atoms with Gasteiger partial charge < -0.3 is 20.1 Å². The van der Waals surface area contributed by atoms with Crippen LogP contribution >= 0.6 is 0 Å². The number of amides is 1. The van der Waals surface area contributed by atoms with Crippen molar-refractivity contribution in [1.82, 2.24) is 25.1 Å². The van der Waals surface area contributed by atoms with E-state index in [-0.39, 0.29) is 5.56 Å². The first-order chi connectivity index (χ1) is 14.8. The molecule has 1 amide bonds. The van der Waals surface area contributed by atoms with Crippen LogP contribution in [0, 0.1) is 5.92 Å². The molecule has 2 atom stereocenters. The lowest BCUT2D eigenvalue weighted by Gasteiger charge is -2.39. The highest BCUT2D eigenvalue weighted by atomic mass is 19.4. The molecule has 1 aliphatic heterocycles. The van der Waals surface area contributed by atoms with Gasteiger partial charge in [0, 0.05) is 51.2 Å². The highest BCUT2D eigenvalue weighted by Crippen LogP contribution is 2.29. The van der Waals surface area contributed by atoms with Gasteiger partial charge in [-0.15, -0.1) is 0 Å². The van der Waals surface area contributed by atoms with Gasteiger partial charge in [-0.3, -0.25) is 9.79 Å². The van der Waals surface area contributed by atoms with E-state index in [9.17, 15) is 18.0 Å². The zero-order valence-electron chi connectivity index (χ0n) is 17.6. The first-order valence-corrected chi connectivity index (χ1v) is 10.2. The Bertz CT molecular complexity index is 880. The molecule has 3 rings (SSSR count). The van der Waals surface area contributed by atoms with Crippen molar-refractivity contribution in [3.05, 3.63) is 54.1 Å². The first-order valence-electron chi connectivity index (χ1n) is 10.2. The lowest BCUT2D eigenvalue weighted by molar-refractivity contribution is -0.137. The molecule has 7 nitrogen and oxygen atoms in total. The topological polar surface area (TPSA) is 74.6 Å². The van der Waals surface area contributed by atoms with Crippen LogP contribution in [0.5, 0.6) is 0 Å². The Hall–Kier alpha value is -3.04. The average molecular weight is 436 g/mol. The number of hydrogen-bond acceptors (Lipinski definition) is 3. The Morgan fingerprint density at radius 3 is 2.55 bits per heavy atom. The van der Waals surface area contributed by atoms with Crippen molar-refractivity contribution in [3.63, 3.8) is 0 Å². The lowest BCUT2D eigenvalue weighted by Crippen LogP contribution is -2.50. The molecule has 0 aliphatic carbocycles. The van der Waals surface area contributed by atoms with E-state index >= 15 is 0 Å². The second-order valence-corrected chi connectivity index (χ2v) is 7.59. The van der Waals surface area contributed by atoms with Gasteiger partial charge in [-0.05, 0) is 36.6 Å². The van der Waals surface area contributed by atoms with Gasteiger partial charge in [0.15, 0.2) is 5.96 Å². The number of likely N-dealkylation sites (tertiary alicyclic amines) is 1. The molecule has 0 saturated carbocycles. The number of nitrogens with one attached hydrogen (secondary N) is 2. The number of guanidine groups is 1.